The van der Waals surface area contributed by atoms with E-state index in [0.717, 1.165) is 11.1 Å². The van der Waals surface area contributed by atoms with Crippen LogP contribution in [0.25, 0.3) is 0 Å². The largest absolute Gasteiger partial charge is 0.506 e. The number of aryl methyl sites for hydroxylation is 2. The van der Waals surface area contributed by atoms with Gasteiger partial charge in [-0.1, -0.05) is 29.8 Å². The summed E-state index contributed by atoms with van der Waals surface area (Å²) >= 11 is 9.08. The SMILES string of the molecule is Cc1cccc(C)c1OCC(=O)NN=Cc1cc(Cl)cc(Br)c1O. The van der Waals surface area contributed by atoms with Gasteiger partial charge < -0.3 is 9.84 Å². The zero-order valence-electron chi connectivity index (χ0n) is 13.1. The second kappa shape index (κ2) is 8.17. The van der Waals surface area contributed by atoms with Crippen LogP contribution in [0, 0.1) is 13.8 Å². The maximum absolute atomic E-state index is 11.8. The number of phenols is 1. The molecule has 5 nitrogen and oxygen atoms in total. The maximum atomic E-state index is 11.8. The Hall–Kier alpha value is -2.05. The Morgan fingerprint density at radius 3 is 2.71 bits per heavy atom. The molecule has 1 amide bonds. The number of hydrogen-bond donors (Lipinski definition) is 2. The molecule has 0 aliphatic carbocycles. The molecule has 2 N–H and O–H groups in total. The van der Waals surface area contributed by atoms with Crippen LogP contribution in [0.3, 0.4) is 0 Å². The van der Waals surface area contributed by atoms with Gasteiger partial charge >= 0.3 is 0 Å². The summed E-state index contributed by atoms with van der Waals surface area (Å²) in [6.45, 7) is 3.67. The number of nitrogens with zero attached hydrogens (tertiary/aromatic N) is 1. The molecule has 0 heterocycles. The molecule has 0 radical (unpaired) electrons. The minimum absolute atomic E-state index is 0.0100. The van der Waals surface area contributed by atoms with Crippen molar-refractivity contribution in [1.82, 2.24) is 5.43 Å². The number of benzene rings is 2. The number of nitrogens with one attached hydrogen (secondary N) is 1. The van der Waals surface area contributed by atoms with Crippen LogP contribution in [0.4, 0.5) is 0 Å². The van der Waals surface area contributed by atoms with Crippen LogP contribution in [0.5, 0.6) is 11.5 Å². The summed E-state index contributed by atoms with van der Waals surface area (Å²) < 4.78 is 5.98. The normalized spacial score (nSPS) is 10.8. The third-order valence-electron chi connectivity index (χ3n) is 3.21. The molecule has 0 aliphatic heterocycles. The first kappa shape index (κ1) is 18.3. The number of hydrazone groups is 1. The predicted octanol–water partition coefficient (Wildman–Crippen LogP) is 3.95. The highest BCUT2D eigenvalue weighted by molar-refractivity contribution is 9.10. The van der Waals surface area contributed by atoms with Crippen molar-refractivity contribution in [1.29, 1.82) is 0 Å². The lowest BCUT2D eigenvalue weighted by Gasteiger charge is -2.10. The Bertz CT molecular complexity index is 773. The lowest BCUT2D eigenvalue weighted by molar-refractivity contribution is -0.123. The van der Waals surface area contributed by atoms with E-state index in [0.29, 0.717) is 20.8 Å². The first-order valence-corrected chi connectivity index (χ1v) is 8.24. The van der Waals surface area contributed by atoms with Crippen molar-refractivity contribution in [3.8, 4) is 11.5 Å². The summed E-state index contributed by atoms with van der Waals surface area (Å²) in [6, 6.07) is 8.85. The van der Waals surface area contributed by atoms with Crippen LogP contribution >= 0.6 is 27.5 Å². The second-order valence-electron chi connectivity index (χ2n) is 5.13. The first-order valence-electron chi connectivity index (χ1n) is 7.07. The van der Waals surface area contributed by atoms with E-state index in [1.165, 1.54) is 12.3 Å². The molecule has 2 rings (SSSR count). The molecule has 2 aromatic rings. The fourth-order valence-corrected chi connectivity index (χ4v) is 2.89. The Kier molecular flexibility index (Phi) is 6.23. The zero-order valence-corrected chi connectivity index (χ0v) is 15.5. The van der Waals surface area contributed by atoms with Gasteiger partial charge in [0.1, 0.15) is 11.5 Å². The fraction of sp³-hybridized carbons (Fsp3) is 0.176. The monoisotopic (exact) mass is 410 g/mol. The topological polar surface area (TPSA) is 70.9 Å². The molecular formula is C17H16BrClN2O3. The Morgan fingerprint density at radius 2 is 2.04 bits per heavy atom. The van der Waals surface area contributed by atoms with E-state index in [-0.39, 0.29) is 12.4 Å². The molecule has 0 saturated carbocycles. The van der Waals surface area contributed by atoms with Crippen LogP contribution in [-0.2, 0) is 4.79 Å². The van der Waals surface area contributed by atoms with Gasteiger partial charge in [0.15, 0.2) is 6.61 Å². The Labute approximate surface area is 153 Å². The van der Waals surface area contributed by atoms with Crippen molar-refractivity contribution < 1.29 is 14.6 Å². The van der Waals surface area contributed by atoms with E-state index >= 15 is 0 Å². The minimum Gasteiger partial charge on any atom is -0.506 e. The van der Waals surface area contributed by atoms with Crippen LogP contribution in [0.1, 0.15) is 16.7 Å². The number of halogens is 2. The van der Waals surface area contributed by atoms with Crippen LogP contribution in [0.15, 0.2) is 39.9 Å². The average molecular weight is 412 g/mol. The van der Waals surface area contributed by atoms with Gasteiger partial charge in [-0.2, -0.15) is 5.10 Å². The Morgan fingerprint density at radius 1 is 1.38 bits per heavy atom. The van der Waals surface area contributed by atoms with Gasteiger partial charge in [-0.3, -0.25) is 4.79 Å². The van der Waals surface area contributed by atoms with Crippen LogP contribution in [-0.4, -0.2) is 23.8 Å². The summed E-state index contributed by atoms with van der Waals surface area (Å²) in [7, 11) is 0. The van der Waals surface area contributed by atoms with Crippen molar-refractivity contribution >= 4 is 39.7 Å². The molecule has 0 aromatic heterocycles. The first-order chi connectivity index (χ1) is 11.4. The van der Waals surface area contributed by atoms with Gasteiger partial charge in [0.2, 0.25) is 0 Å². The lowest BCUT2D eigenvalue weighted by Crippen LogP contribution is -2.25. The predicted molar refractivity (Wildman–Crippen MR) is 98.0 cm³/mol. The maximum Gasteiger partial charge on any atom is 0.277 e. The van der Waals surface area contributed by atoms with E-state index < -0.39 is 5.91 Å². The molecule has 2 aromatic carbocycles. The average Bonchev–Trinajstić information content (AvgIpc) is 2.51. The molecule has 126 valence electrons. The lowest BCUT2D eigenvalue weighted by atomic mass is 10.1. The zero-order chi connectivity index (χ0) is 17.7. The number of carbonyl (C=O) groups is 1. The van der Waals surface area contributed by atoms with Crippen molar-refractivity contribution in [3.63, 3.8) is 0 Å². The van der Waals surface area contributed by atoms with Crippen molar-refractivity contribution in [3.05, 3.63) is 56.5 Å². The van der Waals surface area contributed by atoms with Crippen molar-refractivity contribution in [2.45, 2.75) is 13.8 Å². The number of aromatic hydroxyl groups is 1. The summed E-state index contributed by atoms with van der Waals surface area (Å²) in [6.07, 6.45) is 1.31. The van der Waals surface area contributed by atoms with Crippen molar-refractivity contribution in [2.24, 2.45) is 5.10 Å². The molecule has 7 heteroatoms. The highest BCUT2D eigenvalue weighted by Gasteiger charge is 2.08. The van der Waals surface area contributed by atoms with Crippen molar-refractivity contribution in [2.75, 3.05) is 6.61 Å². The van der Waals surface area contributed by atoms with E-state index in [1.807, 2.05) is 32.0 Å². The summed E-state index contributed by atoms with van der Waals surface area (Å²) in [4.78, 5) is 11.8. The van der Waals surface area contributed by atoms with Crippen LogP contribution < -0.4 is 10.2 Å². The van der Waals surface area contributed by atoms with Gasteiger partial charge in [0.25, 0.3) is 5.91 Å². The molecule has 0 fully saturated rings. The summed E-state index contributed by atoms with van der Waals surface area (Å²) in [5, 5.41) is 14.1. The van der Waals surface area contributed by atoms with Gasteiger partial charge in [0, 0.05) is 10.6 Å². The number of phenolic OH excluding ortho intramolecular Hbond substituents is 1. The van der Waals surface area contributed by atoms with Gasteiger partial charge in [-0.05, 0) is 53.0 Å². The molecule has 0 spiro atoms. The van der Waals surface area contributed by atoms with Crippen LogP contribution in [0.2, 0.25) is 5.02 Å². The second-order valence-corrected chi connectivity index (χ2v) is 6.42. The molecule has 0 saturated heterocycles. The highest BCUT2D eigenvalue weighted by atomic mass is 79.9. The van der Waals surface area contributed by atoms with E-state index in [4.69, 9.17) is 16.3 Å². The smallest absolute Gasteiger partial charge is 0.277 e. The number of para-hydroxylation sites is 1. The number of ether oxygens (including phenoxy) is 1. The molecule has 0 bridgehead atoms. The summed E-state index contributed by atoms with van der Waals surface area (Å²) in [5.74, 6) is 0.270. The number of rotatable bonds is 5. The molecular weight excluding hydrogens is 396 g/mol. The van der Waals surface area contributed by atoms with E-state index in [9.17, 15) is 9.90 Å². The number of carbonyl (C=O) groups excluding carboxylic acids is 1. The molecule has 0 unspecified atom stereocenters. The highest BCUT2D eigenvalue weighted by Crippen LogP contribution is 2.30. The third-order valence-corrected chi connectivity index (χ3v) is 4.03. The minimum atomic E-state index is -0.408. The van der Waals surface area contributed by atoms with Gasteiger partial charge in [0.05, 0.1) is 10.7 Å². The third kappa shape index (κ3) is 4.72. The van der Waals surface area contributed by atoms with Gasteiger partial charge in [-0.25, -0.2) is 5.43 Å². The fourth-order valence-electron chi connectivity index (χ4n) is 2.05. The number of hydrogen-bond acceptors (Lipinski definition) is 4. The van der Waals surface area contributed by atoms with Gasteiger partial charge in [-0.15, -0.1) is 0 Å². The standard InChI is InChI=1S/C17H16BrClN2O3/c1-10-4-3-5-11(2)17(10)24-9-15(22)21-20-8-12-6-13(19)7-14(18)16(12)23/h3-8,23H,9H2,1-2H3,(H,21,22). The number of amides is 1. The summed E-state index contributed by atoms with van der Waals surface area (Å²) in [5.41, 5.74) is 4.64. The molecule has 0 atom stereocenters. The molecule has 0 aliphatic rings. The van der Waals surface area contributed by atoms with E-state index in [1.54, 1.807) is 6.07 Å². The van der Waals surface area contributed by atoms with E-state index in [2.05, 4.69) is 26.5 Å². The Balaban J connectivity index is 1.94. The quantitative estimate of drug-likeness (QED) is 0.578. The molecule has 24 heavy (non-hydrogen) atoms.